The molecule has 1 aromatic rings. The minimum Gasteiger partial charge on any atom is -0.389 e. The summed E-state index contributed by atoms with van der Waals surface area (Å²) in [5, 5.41) is 10.1. The zero-order chi connectivity index (χ0) is 14.5. The number of hydrogen-bond acceptors (Lipinski definition) is 4. The highest BCUT2D eigenvalue weighted by molar-refractivity contribution is 5.11. The molecule has 0 spiro atoms. The lowest BCUT2D eigenvalue weighted by atomic mass is 9.98. The average molecular weight is 265 g/mol. The molecule has 0 bridgehead atoms. The van der Waals surface area contributed by atoms with Crippen molar-refractivity contribution in [3.8, 4) is 0 Å². The van der Waals surface area contributed by atoms with Crippen molar-refractivity contribution in [2.24, 2.45) is 5.73 Å². The van der Waals surface area contributed by atoms with Crippen LogP contribution >= 0.6 is 0 Å². The fourth-order valence-corrected chi connectivity index (χ4v) is 2.36. The van der Waals surface area contributed by atoms with Crippen LogP contribution in [-0.2, 0) is 0 Å². The summed E-state index contributed by atoms with van der Waals surface area (Å²) in [6, 6.07) is 5.95. The van der Waals surface area contributed by atoms with Gasteiger partial charge in [0.1, 0.15) is 0 Å². The highest BCUT2D eigenvalue weighted by atomic mass is 16.3. The molecule has 4 nitrogen and oxygen atoms in total. The van der Waals surface area contributed by atoms with E-state index >= 15 is 0 Å². The summed E-state index contributed by atoms with van der Waals surface area (Å²) in [5.74, 6) is 0. The molecule has 1 aromatic heterocycles. The van der Waals surface area contributed by atoms with Crippen molar-refractivity contribution in [3.05, 3.63) is 30.1 Å². The maximum absolute atomic E-state index is 10.1. The standard InChI is InChI=1S/C15H27N3O/c1-5-12(16)14(13-9-7-8-10-17-13)18(6-2)11-15(3,4)19/h7-10,12,14,19H,5-6,11,16H2,1-4H3. The lowest BCUT2D eigenvalue weighted by Crippen LogP contribution is -2.47. The van der Waals surface area contributed by atoms with Gasteiger partial charge in [0.05, 0.1) is 17.3 Å². The van der Waals surface area contributed by atoms with Gasteiger partial charge in [-0.05, 0) is 38.9 Å². The zero-order valence-electron chi connectivity index (χ0n) is 12.5. The second-order valence-electron chi connectivity index (χ2n) is 5.65. The average Bonchev–Trinajstić information content (AvgIpc) is 2.37. The minimum atomic E-state index is -0.740. The Hall–Kier alpha value is -0.970. The Labute approximate surface area is 116 Å². The van der Waals surface area contributed by atoms with Gasteiger partial charge in [0.15, 0.2) is 0 Å². The van der Waals surface area contributed by atoms with E-state index < -0.39 is 5.60 Å². The molecule has 108 valence electrons. The second kappa shape index (κ2) is 6.98. The topological polar surface area (TPSA) is 62.4 Å². The molecule has 0 saturated carbocycles. The predicted octanol–water partition coefficient (Wildman–Crippen LogP) is 1.95. The highest BCUT2D eigenvalue weighted by Crippen LogP contribution is 2.24. The minimum absolute atomic E-state index is 0.0113. The SMILES string of the molecule is CCC(N)C(c1ccccn1)N(CC)CC(C)(C)O. The molecule has 0 aliphatic heterocycles. The molecule has 4 heteroatoms. The molecule has 0 amide bonds. The largest absolute Gasteiger partial charge is 0.389 e. The number of hydrogen-bond donors (Lipinski definition) is 2. The predicted molar refractivity (Wildman–Crippen MR) is 78.8 cm³/mol. The zero-order valence-corrected chi connectivity index (χ0v) is 12.5. The molecule has 0 aliphatic carbocycles. The number of nitrogens with zero attached hydrogens (tertiary/aromatic N) is 2. The maximum atomic E-state index is 10.1. The summed E-state index contributed by atoms with van der Waals surface area (Å²) in [4.78, 5) is 6.65. The molecule has 2 atom stereocenters. The van der Waals surface area contributed by atoms with Crippen LogP contribution in [0.15, 0.2) is 24.4 Å². The van der Waals surface area contributed by atoms with Crippen LogP contribution in [-0.4, -0.2) is 39.7 Å². The van der Waals surface area contributed by atoms with Gasteiger partial charge in [-0.25, -0.2) is 0 Å². The van der Waals surface area contributed by atoms with E-state index in [1.165, 1.54) is 0 Å². The smallest absolute Gasteiger partial charge is 0.0718 e. The maximum Gasteiger partial charge on any atom is 0.0718 e. The first-order valence-electron chi connectivity index (χ1n) is 7.02. The Bertz CT molecular complexity index is 361. The number of pyridine rings is 1. The summed E-state index contributed by atoms with van der Waals surface area (Å²) in [5.41, 5.74) is 6.52. The van der Waals surface area contributed by atoms with Crippen LogP contribution in [0, 0.1) is 0 Å². The molecule has 0 aliphatic rings. The van der Waals surface area contributed by atoms with Gasteiger partial charge in [-0.1, -0.05) is 19.9 Å². The van der Waals surface area contributed by atoms with E-state index in [4.69, 9.17) is 5.73 Å². The molecular weight excluding hydrogens is 238 g/mol. The third kappa shape index (κ3) is 4.90. The van der Waals surface area contributed by atoms with Crippen molar-refractivity contribution in [3.63, 3.8) is 0 Å². The Kier molecular flexibility index (Phi) is 5.91. The lowest BCUT2D eigenvalue weighted by molar-refractivity contribution is 0.0167. The van der Waals surface area contributed by atoms with Gasteiger partial charge in [0.2, 0.25) is 0 Å². The van der Waals surface area contributed by atoms with Crippen LogP contribution in [0.5, 0.6) is 0 Å². The highest BCUT2D eigenvalue weighted by Gasteiger charge is 2.29. The summed E-state index contributed by atoms with van der Waals surface area (Å²) in [6.45, 7) is 9.23. The van der Waals surface area contributed by atoms with Gasteiger partial charge in [-0.15, -0.1) is 0 Å². The number of rotatable bonds is 7. The third-order valence-electron chi connectivity index (χ3n) is 3.26. The van der Waals surface area contributed by atoms with Crippen molar-refractivity contribution in [2.45, 2.75) is 51.8 Å². The third-order valence-corrected chi connectivity index (χ3v) is 3.26. The van der Waals surface area contributed by atoms with Crippen LogP contribution in [0.2, 0.25) is 0 Å². The van der Waals surface area contributed by atoms with Gasteiger partial charge in [0.25, 0.3) is 0 Å². The van der Waals surface area contributed by atoms with Crippen molar-refractivity contribution < 1.29 is 5.11 Å². The summed E-state index contributed by atoms with van der Waals surface area (Å²) in [6.07, 6.45) is 2.67. The van der Waals surface area contributed by atoms with E-state index in [0.29, 0.717) is 6.54 Å². The molecule has 1 rings (SSSR count). The van der Waals surface area contributed by atoms with Crippen molar-refractivity contribution in [1.29, 1.82) is 0 Å². The van der Waals surface area contributed by atoms with Crippen LogP contribution in [0.4, 0.5) is 0 Å². The summed E-state index contributed by atoms with van der Waals surface area (Å²) < 4.78 is 0. The quantitative estimate of drug-likeness (QED) is 0.791. The van der Waals surface area contributed by atoms with E-state index in [9.17, 15) is 5.11 Å². The van der Waals surface area contributed by atoms with Crippen molar-refractivity contribution >= 4 is 0 Å². The van der Waals surface area contributed by atoms with Gasteiger partial charge < -0.3 is 10.8 Å². The monoisotopic (exact) mass is 265 g/mol. The van der Waals surface area contributed by atoms with E-state index in [1.54, 1.807) is 6.20 Å². The number of aromatic nitrogens is 1. The Balaban J connectivity index is 3.02. The molecule has 0 saturated heterocycles. The second-order valence-corrected chi connectivity index (χ2v) is 5.65. The first-order valence-corrected chi connectivity index (χ1v) is 7.02. The van der Waals surface area contributed by atoms with Crippen LogP contribution in [0.25, 0.3) is 0 Å². The summed E-state index contributed by atoms with van der Waals surface area (Å²) in [7, 11) is 0. The summed E-state index contributed by atoms with van der Waals surface area (Å²) >= 11 is 0. The molecular formula is C15H27N3O. The normalized spacial score (nSPS) is 15.5. The molecule has 0 radical (unpaired) electrons. The van der Waals surface area contributed by atoms with E-state index in [0.717, 1.165) is 18.7 Å². The van der Waals surface area contributed by atoms with Crippen LogP contribution in [0.3, 0.4) is 0 Å². The first-order chi connectivity index (χ1) is 8.89. The van der Waals surface area contributed by atoms with E-state index in [1.807, 2.05) is 32.0 Å². The number of nitrogens with two attached hydrogens (primary N) is 1. The van der Waals surface area contributed by atoms with Crippen molar-refractivity contribution in [1.82, 2.24) is 9.88 Å². The fourth-order valence-electron chi connectivity index (χ4n) is 2.36. The van der Waals surface area contributed by atoms with Gasteiger partial charge in [0, 0.05) is 18.8 Å². The number of aliphatic hydroxyl groups is 1. The Morgan fingerprint density at radius 3 is 2.47 bits per heavy atom. The van der Waals surface area contributed by atoms with E-state index in [-0.39, 0.29) is 12.1 Å². The first kappa shape index (κ1) is 16.1. The number of likely N-dealkylation sites (N-methyl/N-ethyl adjacent to an activating group) is 1. The van der Waals surface area contributed by atoms with Gasteiger partial charge in [-0.3, -0.25) is 9.88 Å². The molecule has 3 N–H and O–H groups in total. The fraction of sp³-hybridized carbons (Fsp3) is 0.667. The van der Waals surface area contributed by atoms with Crippen LogP contribution in [0.1, 0.15) is 45.9 Å². The van der Waals surface area contributed by atoms with Gasteiger partial charge >= 0.3 is 0 Å². The molecule has 1 heterocycles. The van der Waals surface area contributed by atoms with Crippen LogP contribution < -0.4 is 5.73 Å². The molecule has 0 aromatic carbocycles. The lowest BCUT2D eigenvalue weighted by Gasteiger charge is -2.37. The Morgan fingerprint density at radius 2 is 2.05 bits per heavy atom. The van der Waals surface area contributed by atoms with E-state index in [2.05, 4.69) is 23.7 Å². The Morgan fingerprint density at radius 1 is 1.37 bits per heavy atom. The molecule has 0 fully saturated rings. The van der Waals surface area contributed by atoms with Gasteiger partial charge in [-0.2, -0.15) is 0 Å². The molecule has 2 unspecified atom stereocenters. The van der Waals surface area contributed by atoms with Crippen molar-refractivity contribution in [2.75, 3.05) is 13.1 Å². The molecule has 19 heavy (non-hydrogen) atoms.